The van der Waals surface area contributed by atoms with Crippen LogP contribution in [0, 0.1) is 13.8 Å². The van der Waals surface area contributed by atoms with E-state index in [1.165, 1.54) is 12.1 Å². The number of halogens is 3. The van der Waals surface area contributed by atoms with Crippen molar-refractivity contribution in [1.82, 2.24) is 25.1 Å². The number of anilines is 1. The number of aromatic amines is 1. The lowest BCUT2D eigenvalue weighted by Gasteiger charge is -2.26. The third-order valence-corrected chi connectivity index (χ3v) is 5.63. The summed E-state index contributed by atoms with van der Waals surface area (Å²) >= 11 is 0. The van der Waals surface area contributed by atoms with Gasteiger partial charge in [0, 0.05) is 42.2 Å². The Morgan fingerprint density at radius 2 is 1.94 bits per heavy atom. The number of ether oxygens (including phenoxy) is 2. The average Bonchev–Trinajstić information content (AvgIpc) is 3.15. The molecule has 0 aliphatic carbocycles. The summed E-state index contributed by atoms with van der Waals surface area (Å²) in [6.45, 7) is 6.18. The quantitative estimate of drug-likeness (QED) is 0.497. The molecular formula is C22H21F3N6O2. The number of fused-ring (bicyclic) bond motifs is 2. The highest BCUT2D eigenvalue weighted by Crippen LogP contribution is 2.35. The Kier molecular flexibility index (Phi) is 5.28. The lowest BCUT2D eigenvalue weighted by atomic mass is 9.97. The Morgan fingerprint density at radius 3 is 2.70 bits per heavy atom. The standard InChI is InChI=1S/C22H21F3N6O2/c1-12-9-15(33-22(23,24)25)11-17-16(18-13(2)29-30-20(18)28-19(12)17)10-14-3-4-26-21(27-14)31-5-7-32-8-6-31/h3-4,9,11H,5-8,10H2,1-2H3,(H,28,29,30). The Hall–Kier alpha value is -3.47. The number of benzene rings is 1. The fraction of sp³-hybridized carbons (Fsp3) is 0.364. The molecule has 1 N–H and O–H groups in total. The molecule has 1 saturated heterocycles. The van der Waals surface area contributed by atoms with Crippen LogP contribution in [0.15, 0.2) is 24.4 Å². The predicted octanol–water partition coefficient (Wildman–Crippen LogP) is 3.84. The first-order chi connectivity index (χ1) is 15.8. The SMILES string of the molecule is Cc1cc(OC(F)(F)F)cc2c(Cc3ccnc(N4CCOCC4)n3)c3c(C)[nH]nc3nc12. The second-order valence-electron chi connectivity index (χ2n) is 7.95. The number of nitrogens with one attached hydrogen (secondary N) is 1. The number of hydrogen-bond acceptors (Lipinski definition) is 7. The molecule has 33 heavy (non-hydrogen) atoms. The number of pyridine rings is 1. The lowest BCUT2D eigenvalue weighted by molar-refractivity contribution is -0.274. The monoisotopic (exact) mass is 458 g/mol. The molecular weight excluding hydrogens is 437 g/mol. The molecule has 0 spiro atoms. The van der Waals surface area contributed by atoms with Crippen LogP contribution >= 0.6 is 0 Å². The van der Waals surface area contributed by atoms with Crippen molar-refractivity contribution in [3.63, 3.8) is 0 Å². The van der Waals surface area contributed by atoms with Gasteiger partial charge in [0.1, 0.15) is 5.75 Å². The van der Waals surface area contributed by atoms with Gasteiger partial charge in [-0.25, -0.2) is 15.0 Å². The molecule has 8 nitrogen and oxygen atoms in total. The van der Waals surface area contributed by atoms with Crippen molar-refractivity contribution in [2.45, 2.75) is 26.6 Å². The largest absolute Gasteiger partial charge is 0.573 e. The van der Waals surface area contributed by atoms with Crippen LogP contribution in [0.3, 0.4) is 0 Å². The Bertz CT molecular complexity index is 1330. The zero-order valence-corrected chi connectivity index (χ0v) is 18.0. The molecule has 1 aliphatic rings. The van der Waals surface area contributed by atoms with Crippen molar-refractivity contribution in [2.75, 3.05) is 31.2 Å². The van der Waals surface area contributed by atoms with Crippen LogP contribution in [-0.4, -0.2) is 57.8 Å². The number of aryl methyl sites for hydroxylation is 2. The van der Waals surface area contributed by atoms with Crippen LogP contribution in [-0.2, 0) is 11.2 Å². The highest BCUT2D eigenvalue weighted by molar-refractivity contribution is 5.99. The normalized spacial score (nSPS) is 14.9. The molecule has 4 aromatic rings. The van der Waals surface area contributed by atoms with Gasteiger partial charge in [0.15, 0.2) is 5.65 Å². The minimum absolute atomic E-state index is 0.284. The van der Waals surface area contributed by atoms with Gasteiger partial charge in [-0.2, -0.15) is 5.10 Å². The number of hydrogen-bond donors (Lipinski definition) is 1. The number of aromatic nitrogens is 5. The van der Waals surface area contributed by atoms with Crippen LogP contribution < -0.4 is 9.64 Å². The van der Waals surface area contributed by atoms with Crippen LogP contribution in [0.4, 0.5) is 19.1 Å². The van der Waals surface area contributed by atoms with Gasteiger partial charge < -0.3 is 14.4 Å². The topological polar surface area (TPSA) is 89.0 Å². The van der Waals surface area contributed by atoms with E-state index in [2.05, 4.69) is 29.8 Å². The Morgan fingerprint density at radius 1 is 1.15 bits per heavy atom. The second kappa shape index (κ2) is 8.14. The molecule has 0 radical (unpaired) electrons. The highest BCUT2D eigenvalue weighted by atomic mass is 19.4. The Balaban J connectivity index is 1.64. The van der Waals surface area contributed by atoms with E-state index in [1.54, 1.807) is 19.2 Å². The maximum absolute atomic E-state index is 12.9. The number of alkyl halides is 3. The number of H-pyrrole nitrogens is 1. The summed E-state index contributed by atoms with van der Waals surface area (Å²) in [5, 5.41) is 8.55. The number of rotatable bonds is 4. The van der Waals surface area contributed by atoms with E-state index in [0.29, 0.717) is 60.8 Å². The zero-order chi connectivity index (χ0) is 23.2. The predicted molar refractivity (Wildman–Crippen MR) is 115 cm³/mol. The fourth-order valence-corrected chi connectivity index (χ4v) is 4.18. The lowest BCUT2D eigenvalue weighted by Crippen LogP contribution is -2.37. The highest BCUT2D eigenvalue weighted by Gasteiger charge is 2.31. The average molecular weight is 458 g/mol. The van der Waals surface area contributed by atoms with Crippen molar-refractivity contribution >= 4 is 27.9 Å². The molecule has 0 unspecified atom stereocenters. The van der Waals surface area contributed by atoms with Crippen LogP contribution in [0.2, 0.25) is 0 Å². The first kappa shape index (κ1) is 21.4. The fourth-order valence-electron chi connectivity index (χ4n) is 4.18. The van der Waals surface area contributed by atoms with Gasteiger partial charge in [-0.1, -0.05) is 0 Å². The zero-order valence-electron chi connectivity index (χ0n) is 18.0. The molecule has 5 rings (SSSR count). The minimum atomic E-state index is -4.79. The van der Waals surface area contributed by atoms with Gasteiger partial charge >= 0.3 is 6.36 Å². The van der Waals surface area contributed by atoms with Crippen molar-refractivity contribution in [3.8, 4) is 5.75 Å². The molecule has 4 heterocycles. The van der Waals surface area contributed by atoms with E-state index >= 15 is 0 Å². The van der Waals surface area contributed by atoms with E-state index < -0.39 is 6.36 Å². The van der Waals surface area contributed by atoms with Crippen LogP contribution in [0.1, 0.15) is 22.5 Å². The van der Waals surface area contributed by atoms with Crippen molar-refractivity contribution in [3.05, 3.63) is 46.9 Å². The van der Waals surface area contributed by atoms with Crippen molar-refractivity contribution in [2.24, 2.45) is 0 Å². The van der Waals surface area contributed by atoms with Gasteiger partial charge in [0.25, 0.3) is 0 Å². The molecule has 3 aromatic heterocycles. The molecule has 0 amide bonds. The van der Waals surface area contributed by atoms with Gasteiger partial charge in [0.05, 0.1) is 24.4 Å². The summed E-state index contributed by atoms with van der Waals surface area (Å²) in [6, 6.07) is 4.52. The summed E-state index contributed by atoms with van der Waals surface area (Å²) in [5.74, 6) is 0.319. The molecule has 0 atom stereocenters. The van der Waals surface area contributed by atoms with E-state index in [9.17, 15) is 13.2 Å². The van der Waals surface area contributed by atoms with Gasteiger partial charge in [-0.05, 0) is 43.2 Å². The maximum atomic E-state index is 12.9. The molecule has 11 heteroatoms. The first-order valence-corrected chi connectivity index (χ1v) is 10.5. The second-order valence-corrected chi connectivity index (χ2v) is 7.95. The Labute approximate surface area is 186 Å². The number of nitrogens with zero attached hydrogens (tertiary/aromatic N) is 5. The van der Waals surface area contributed by atoms with Gasteiger partial charge in [-0.3, -0.25) is 5.10 Å². The molecule has 1 aliphatic heterocycles. The molecule has 172 valence electrons. The van der Waals surface area contributed by atoms with Gasteiger partial charge in [0.2, 0.25) is 5.95 Å². The molecule has 0 bridgehead atoms. The molecule has 1 fully saturated rings. The van der Waals surface area contributed by atoms with Crippen molar-refractivity contribution < 1.29 is 22.6 Å². The molecule has 0 saturated carbocycles. The molecule has 1 aromatic carbocycles. The summed E-state index contributed by atoms with van der Waals surface area (Å²) in [5.41, 5.74) is 3.93. The summed E-state index contributed by atoms with van der Waals surface area (Å²) in [4.78, 5) is 15.8. The number of morpholine rings is 1. The minimum Gasteiger partial charge on any atom is -0.406 e. The maximum Gasteiger partial charge on any atom is 0.573 e. The third-order valence-electron chi connectivity index (χ3n) is 5.63. The van der Waals surface area contributed by atoms with Gasteiger partial charge in [-0.15, -0.1) is 13.2 Å². The smallest absolute Gasteiger partial charge is 0.406 e. The summed E-state index contributed by atoms with van der Waals surface area (Å²) in [6.07, 6.45) is -2.73. The van der Waals surface area contributed by atoms with Crippen molar-refractivity contribution in [1.29, 1.82) is 0 Å². The third kappa shape index (κ3) is 4.28. The van der Waals surface area contributed by atoms with E-state index in [0.717, 1.165) is 22.3 Å². The first-order valence-electron chi connectivity index (χ1n) is 10.5. The van der Waals surface area contributed by atoms with E-state index in [4.69, 9.17) is 9.72 Å². The van der Waals surface area contributed by atoms with Crippen LogP contribution in [0.25, 0.3) is 21.9 Å². The van der Waals surface area contributed by atoms with Crippen LogP contribution in [0.5, 0.6) is 5.75 Å². The summed E-state index contributed by atoms with van der Waals surface area (Å²) < 4.78 is 48.4. The summed E-state index contributed by atoms with van der Waals surface area (Å²) in [7, 11) is 0. The van der Waals surface area contributed by atoms with E-state index in [-0.39, 0.29) is 5.75 Å². The van der Waals surface area contributed by atoms with E-state index in [1.807, 2.05) is 6.92 Å².